The number of nitrogens with zero attached hydrogens (tertiary/aromatic N) is 1. The molecule has 0 unspecified atom stereocenters. The second kappa shape index (κ2) is 9.20. The van der Waals surface area contributed by atoms with Crippen LogP contribution in [-0.4, -0.2) is 36.3 Å². The van der Waals surface area contributed by atoms with Gasteiger partial charge in [-0.2, -0.15) is 0 Å². The lowest BCUT2D eigenvalue weighted by Crippen LogP contribution is -2.53. The summed E-state index contributed by atoms with van der Waals surface area (Å²) >= 11 is 0. The molecule has 146 valence electrons. The summed E-state index contributed by atoms with van der Waals surface area (Å²) in [4.78, 5) is 26.6. The molecule has 1 saturated carbocycles. The molecule has 0 atom stereocenters. The van der Waals surface area contributed by atoms with Crippen LogP contribution in [0.2, 0.25) is 0 Å². The Kier molecular flexibility index (Phi) is 6.70. The van der Waals surface area contributed by atoms with E-state index in [0.29, 0.717) is 18.4 Å². The third-order valence-corrected chi connectivity index (χ3v) is 5.46. The largest absolute Gasteiger partial charge is 0.352 e. The Morgan fingerprint density at radius 2 is 1.93 bits per heavy atom. The maximum atomic E-state index is 12.6. The topological polar surface area (TPSA) is 49.4 Å². The molecule has 0 bridgehead atoms. The standard InChI is InChI=1S/C23H32N2O2/c1-17(2)11-19-9-6-10-21(12-19)23(27)25-15-20(16-25)14-24-22(26)13-18-7-4-3-5-8-18/h6,9-10,12-13,17,20H,3-5,7-8,11,14-16H2,1-2H3,(H,24,26). The van der Waals surface area contributed by atoms with Gasteiger partial charge in [-0.3, -0.25) is 9.59 Å². The molecule has 1 aliphatic heterocycles. The number of carbonyl (C=O) groups excluding carboxylic acids is 2. The molecule has 0 spiro atoms. The Bertz CT molecular complexity index is 694. The molecule has 1 N–H and O–H groups in total. The number of hydrogen-bond acceptors (Lipinski definition) is 2. The first-order chi connectivity index (χ1) is 13.0. The Labute approximate surface area is 163 Å². The summed E-state index contributed by atoms with van der Waals surface area (Å²) in [5, 5.41) is 3.01. The Balaban J connectivity index is 1.42. The van der Waals surface area contributed by atoms with Gasteiger partial charge < -0.3 is 10.2 Å². The fourth-order valence-electron chi connectivity index (χ4n) is 3.98. The SMILES string of the molecule is CC(C)Cc1cccc(C(=O)N2CC(CNC(=O)C=C3CCCCC3)C2)c1. The van der Waals surface area contributed by atoms with Gasteiger partial charge in [0.05, 0.1) is 0 Å². The highest BCUT2D eigenvalue weighted by atomic mass is 16.2. The summed E-state index contributed by atoms with van der Waals surface area (Å²) in [5.74, 6) is 1.07. The van der Waals surface area contributed by atoms with Crippen molar-refractivity contribution < 1.29 is 9.59 Å². The van der Waals surface area contributed by atoms with Crippen molar-refractivity contribution in [1.82, 2.24) is 10.2 Å². The van der Waals surface area contributed by atoms with Crippen LogP contribution in [0, 0.1) is 11.8 Å². The number of benzene rings is 1. The summed E-state index contributed by atoms with van der Waals surface area (Å²) in [6, 6.07) is 7.98. The van der Waals surface area contributed by atoms with Crippen LogP contribution in [0.15, 0.2) is 35.9 Å². The number of amides is 2. The molecule has 4 heteroatoms. The molecule has 0 aromatic heterocycles. The van der Waals surface area contributed by atoms with Crippen molar-refractivity contribution in [2.45, 2.75) is 52.4 Å². The van der Waals surface area contributed by atoms with E-state index in [1.807, 2.05) is 23.1 Å². The van der Waals surface area contributed by atoms with Gasteiger partial charge in [-0.05, 0) is 55.7 Å². The summed E-state index contributed by atoms with van der Waals surface area (Å²) in [7, 11) is 0. The summed E-state index contributed by atoms with van der Waals surface area (Å²) in [6.07, 6.45) is 8.61. The van der Waals surface area contributed by atoms with Crippen molar-refractivity contribution in [1.29, 1.82) is 0 Å². The van der Waals surface area contributed by atoms with E-state index in [-0.39, 0.29) is 11.8 Å². The minimum atomic E-state index is 0.0260. The second-order valence-corrected chi connectivity index (χ2v) is 8.48. The molecular formula is C23H32N2O2. The highest BCUT2D eigenvalue weighted by molar-refractivity contribution is 5.95. The van der Waals surface area contributed by atoms with E-state index < -0.39 is 0 Å². The molecule has 27 heavy (non-hydrogen) atoms. The fourth-order valence-corrected chi connectivity index (χ4v) is 3.98. The van der Waals surface area contributed by atoms with Crippen molar-refractivity contribution in [3.63, 3.8) is 0 Å². The molecule has 0 radical (unpaired) electrons. The summed E-state index contributed by atoms with van der Waals surface area (Å²) < 4.78 is 0. The molecule has 4 nitrogen and oxygen atoms in total. The van der Waals surface area contributed by atoms with E-state index in [1.165, 1.54) is 30.4 Å². The number of likely N-dealkylation sites (tertiary alicyclic amines) is 1. The molecule has 3 rings (SSSR count). The minimum Gasteiger partial charge on any atom is -0.352 e. The smallest absolute Gasteiger partial charge is 0.253 e. The van der Waals surface area contributed by atoms with Crippen LogP contribution in [0.1, 0.15) is 61.9 Å². The number of hydrogen-bond donors (Lipinski definition) is 1. The third kappa shape index (κ3) is 5.69. The number of allylic oxidation sites excluding steroid dienone is 1. The van der Waals surface area contributed by atoms with Crippen LogP contribution in [0.4, 0.5) is 0 Å². The Morgan fingerprint density at radius 1 is 1.19 bits per heavy atom. The first-order valence-electron chi connectivity index (χ1n) is 10.4. The predicted molar refractivity (Wildman–Crippen MR) is 109 cm³/mol. The van der Waals surface area contributed by atoms with E-state index in [1.54, 1.807) is 6.08 Å². The van der Waals surface area contributed by atoms with Crippen LogP contribution in [0.3, 0.4) is 0 Å². The van der Waals surface area contributed by atoms with Crippen molar-refractivity contribution >= 4 is 11.8 Å². The van der Waals surface area contributed by atoms with Gasteiger partial charge in [-0.15, -0.1) is 0 Å². The van der Waals surface area contributed by atoms with Crippen LogP contribution >= 0.6 is 0 Å². The normalized spacial score (nSPS) is 17.6. The van der Waals surface area contributed by atoms with Gasteiger partial charge in [0.25, 0.3) is 5.91 Å². The summed E-state index contributed by atoms with van der Waals surface area (Å²) in [6.45, 7) is 6.48. The van der Waals surface area contributed by atoms with Crippen LogP contribution in [0.5, 0.6) is 0 Å². The molecule has 1 aromatic rings. The van der Waals surface area contributed by atoms with Gasteiger partial charge in [-0.25, -0.2) is 0 Å². The lowest BCUT2D eigenvalue weighted by Gasteiger charge is -2.39. The van der Waals surface area contributed by atoms with Crippen LogP contribution in [0.25, 0.3) is 0 Å². The average Bonchev–Trinajstić information content (AvgIpc) is 2.60. The van der Waals surface area contributed by atoms with Crippen molar-refractivity contribution in [3.05, 3.63) is 47.0 Å². The van der Waals surface area contributed by atoms with Crippen molar-refractivity contribution in [2.75, 3.05) is 19.6 Å². The van der Waals surface area contributed by atoms with Crippen molar-refractivity contribution in [3.8, 4) is 0 Å². The maximum absolute atomic E-state index is 12.6. The quantitative estimate of drug-likeness (QED) is 0.773. The lowest BCUT2D eigenvalue weighted by molar-refractivity contribution is -0.116. The number of rotatable bonds is 6. The average molecular weight is 369 g/mol. The molecule has 1 saturated heterocycles. The molecular weight excluding hydrogens is 336 g/mol. The molecule has 2 aliphatic rings. The van der Waals surface area contributed by atoms with Crippen molar-refractivity contribution in [2.24, 2.45) is 11.8 Å². The van der Waals surface area contributed by atoms with Crippen LogP contribution in [-0.2, 0) is 11.2 Å². The lowest BCUT2D eigenvalue weighted by atomic mass is 9.94. The Hall–Kier alpha value is -2.10. The summed E-state index contributed by atoms with van der Waals surface area (Å²) in [5.41, 5.74) is 3.28. The molecule has 1 aromatic carbocycles. The van der Waals surface area contributed by atoms with Gasteiger partial charge in [-0.1, -0.05) is 38.0 Å². The zero-order chi connectivity index (χ0) is 19.2. The monoisotopic (exact) mass is 368 g/mol. The number of nitrogens with one attached hydrogen (secondary N) is 1. The first-order valence-corrected chi connectivity index (χ1v) is 10.4. The van der Waals surface area contributed by atoms with E-state index in [2.05, 4.69) is 25.2 Å². The van der Waals surface area contributed by atoms with E-state index in [0.717, 1.165) is 37.9 Å². The highest BCUT2D eigenvalue weighted by Crippen LogP contribution is 2.23. The zero-order valence-electron chi connectivity index (χ0n) is 16.7. The predicted octanol–water partition coefficient (Wildman–Crippen LogP) is 3.96. The van der Waals surface area contributed by atoms with Gasteiger partial charge >= 0.3 is 0 Å². The maximum Gasteiger partial charge on any atom is 0.253 e. The molecule has 1 heterocycles. The highest BCUT2D eigenvalue weighted by Gasteiger charge is 2.31. The second-order valence-electron chi connectivity index (χ2n) is 8.48. The molecule has 1 aliphatic carbocycles. The zero-order valence-corrected chi connectivity index (χ0v) is 16.7. The van der Waals surface area contributed by atoms with Gasteiger partial charge in [0, 0.05) is 37.2 Å². The molecule has 2 amide bonds. The number of carbonyl (C=O) groups is 2. The van der Waals surface area contributed by atoms with Gasteiger partial charge in [0.15, 0.2) is 0 Å². The van der Waals surface area contributed by atoms with E-state index >= 15 is 0 Å². The third-order valence-electron chi connectivity index (χ3n) is 5.46. The fraction of sp³-hybridized carbons (Fsp3) is 0.565. The minimum absolute atomic E-state index is 0.0260. The van der Waals surface area contributed by atoms with E-state index in [9.17, 15) is 9.59 Å². The Morgan fingerprint density at radius 3 is 2.63 bits per heavy atom. The van der Waals surface area contributed by atoms with Gasteiger partial charge in [0.2, 0.25) is 5.91 Å². The van der Waals surface area contributed by atoms with Crippen LogP contribution < -0.4 is 5.32 Å². The van der Waals surface area contributed by atoms with E-state index in [4.69, 9.17) is 0 Å². The van der Waals surface area contributed by atoms with Gasteiger partial charge in [0.1, 0.15) is 0 Å². The first kappa shape index (κ1) is 19.7. The molecule has 2 fully saturated rings.